The number of aryl methyl sites for hydroxylation is 1. The van der Waals surface area contributed by atoms with E-state index in [0.29, 0.717) is 0 Å². The molecule has 0 spiro atoms. The van der Waals surface area contributed by atoms with Crippen molar-refractivity contribution in [3.63, 3.8) is 0 Å². The summed E-state index contributed by atoms with van der Waals surface area (Å²) in [7, 11) is 0. The lowest BCUT2D eigenvalue weighted by atomic mass is 9.83. The Balaban J connectivity index is 1.74. The lowest BCUT2D eigenvalue weighted by Crippen LogP contribution is -2.20. The van der Waals surface area contributed by atoms with E-state index in [0.717, 1.165) is 29.2 Å². The van der Waals surface area contributed by atoms with E-state index in [-0.39, 0.29) is 0 Å². The van der Waals surface area contributed by atoms with Crippen LogP contribution in [-0.4, -0.2) is 11.5 Å². The number of hydrogen-bond donors (Lipinski definition) is 1. The molecule has 2 rings (SSSR count). The first-order valence-corrected chi connectivity index (χ1v) is 6.78. The van der Waals surface area contributed by atoms with Crippen molar-refractivity contribution in [2.24, 2.45) is 11.8 Å². The van der Waals surface area contributed by atoms with Gasteiger partial charge in [-0.3, -0.25) is 0 Å². The number of rotatable bonds is 3. The summed E-state index contributed by atoms with van der Waals surface area (Å²) in [4.78, 5) is 4.42. The fraction of sp³-hybridized carbons (Fsp3) is 0.750. The number of thiazole rings is 1. The minimum atomic E-state index is 0.866. The average Bonchev–Trinajstić information content (AvgIpc) is 2.64. The van der Waals surface area contributed by atoms with Gasteiger partial charge in [0.2, 0.25) is 0 Å². The minimum absolute atomic E-state index is 0.866. The molecule has 3 heteroatoms. The molecule has 84 valence electrons. The second kappa shape index (κ2) is 4.97. The molecule has 0 radical (unpaired) electrons. The van der Waals surface area contributed by atoms with Gasteiger partial charge >= 0.3 is 0 Å². The highest BCUT2D eigenvalue weighted by Crippen LogP contribution is 2.28. The van der Waals surface area contributed by atoms with Crippen LogP contribution in [0.4, 0.5) is 5.13 Å². The fourth-order valence-electron chi connectivity index (χ4n) is 2.20. The number of anilines is 1. The van der Waals surface area contributed by atoms with Gasteiger partial charge in [0.1, 0.15) is 0 Å². The third kappa shape index (κ3) is 3.20. The molecule has 1 aromatic rings. The van der Waals surface area contributed by atoms with Crippen LogP contribution >= 0.6 is 11.3 Å². The summed E-state index contributed by atoms with van der Waals surface area (Å²) >= 11 is 1.72. The SMILES string of the molecule is Cc1csc(NCC2CCC(C)CC2)n1. The van der Waals surface area contributed by atoms with Gasteiger partial charge in [0.05, 0.1) is 5.69 Å². The Labute approximate surface area is 96.1 Å². The van der Waals surface area contributed by atoms with Crippen LogP contribution in [0.25, 0.3) is 0 Å². The maximum Gasteiger partial charge on any atom is 0.182 e. The number of hydrogen-bond acceptors (Lipinski definition) is 3. The van der Waals surface area contributed by atoms with Crippen LogP contribution < -0.4 is 5.32 Å². The maximum absolute atomic E-state index is 4.42. The van der Waals surface area contributed by atoms with Gasteiger partial charge in [-0.05, 0) is 31.6 Å². The second-order valence-corrected chi connectivity index (χ2v) is 5.66. The molecule has 1 N–H and O–H groups in total. The van der Waals surface area contributed by atoms with Crippen molar-refractivity contribution in [3.8, 4) is 0 Å². The van der Waals surface area contributed by atoms with Crippen LogP contribution in [-0.2, 0) is 0 Å². The average molecular weight is 224 g/mol. The van der Waals surface area contributed by atoms with Gasteiger partial charge in [0, 0.05) is 11.9 Å². The molecule has 1 saturated carbocycles. The van der Waals surface area contributed by atoms with Crippen molar-refractivity contribution >= 4 is 16.5 Å². The minimum Gasteiger partial charge on any atom is -0.361 e. The lowest BCUT2D eigenvalue weighted by Gasteiger charge is -2.26. The molecule has 1 heterocycles. The van der Waals surface area contributed by atoms with Gasteiger partial charge in [-0.15, -0.1) is 11.3 Å². The number of nitrogens with one attached hydrogen (secondary N) is 1. The van der Waals surface area contributed by atoms with Gasteiger partial charge < -0.3 is 5.32 Å². The molecule has 1 fully saturated rings. The van der Waals surface area contributed by atoms with Crippen LogP contribution in [0.5, 0.6) is 0 Å². The molecule has 1 aromatic heterocycles. The Morgan fingerprint density at radius 2 is 2.13 bits per heavy atom. The van der Waals surface area contributed by atoms with Crippen molar-refractivity contribution in [1.82, 2.24) is 4.98 Å². The zero-order chi connectivity index (χ0) is 10.7. The predicted octanol–water partition coefficient (Wildman–Crippen LogP) is 3.69. The van der Waals surface area contributed by atoms with E-state index in [1.807, 2.05) is 6.92 Å². The highest BCUT2D eigenvalue weighted by Gasteiger charge is 2.17. The van der Waals surface area contributed by atoms with E-state index in [4.69, 9.17) is 0 Å². The number of aromatic nitrogens is 1. The summed E-state index contributed by atoms with van der Waals surface area (Å²) in [6.07, 6.45) is 5.59. The first-order valence-electron chi connectivity index (χ1n) is 5.90. The molecule has 15 heavy (non-hydrogen) atoms. The first-order chi connectivity index (χ1) is 7.24. The first kappa shape index (κ1) is 10.9. The van der Waals surface area contributed by atoms with E-state index in [2.05, 4.69) is 22.6 Å². The third-order valence-electron chi connectivity index (χ3n) is 3.30. The van der Waals surface area contributed by atoms with Crippen LogP contribution in [0.15, 0.2) is 5.38 Å². The molecule has 0 bridgehead atoms. The smallest absolute Gasteiger partial charge is 0.182 e. The van der Waals surface area contributed by atoms with Crippen molar-refractivity contribution in [3.05, 3.63) is 11.1 Å². The molecule has 0 saturated heterocycles. The summed E-state index contributed by atoms with van der Waals surface area (Å²) in [5, 5.41) is 6.65. The van der Waals surface area contributed by atoms with Crippen molar-refractivity contribution < 1.29 is 0 Å². The van der Waals surface area contributed by atoms with Gasteiger partial charge in [-0.25, -0.2) is 4.98 Å². The van der Waals surface area contributed by atoms with Crippen LogP contribution in [0, 0.1) is 18.8 Å². The molecule has 0 aliphatic heterocycles. The molecular weight excluding hydrogens is 204 g/mol. The Morgan fingerprint density at radius 1 is 1.40 bits per heavy atom. The summed E-state index contributed by atoms with van der Waals surface area (Å²) < 4.78 is 0. The fourth-order valence-corrected chi connectivity index (χ4v) is 2.90. The van der Waals surface area contributed by atoms with Gasteiger partial charge in [-0.1, -0.05) is 19.8 Å². The molecule has 1 aliphatic carbocycles. The molecule has 0 aromatic carbocycles. The largest absolute Gasteiger partial charge is 0.361 e. The summed E-state index contributed by atoms with van der Waals surface area (Å²) in [6, 6.07) is 0. The molecule has 2 nitrogen and oxygen atoms in total. The van der Waals surface area contributed by atoms with E-state index >= 15 is 0 Å². The summed E-state index contributed by atoms with van der Waals surface area (Å²) in [5.74, 6) is 1.81. The lowest BCUT2D eigenvalue weighted by molar-refractivity contribution is 0.300. The monoisotopic (exact) mass is 224 g/mol. The van der Waals surface area contributed by atoms with E-state index in [9.17, 15) is 0 Å². The Kier molecular flexibility index (Phi) is 3.62. The van der Waals surface area contributed by atoms with E-state index < -0.39 is 0 Å². The van der Waals surface area contributed by atoms with Crippen LogP contribution in [0.1, 0.15) is 38.3 Å². The van der Waals surface area contributed by atoms with Gasteiger partial charge in [0.25, 0.3) is 0 Å². The number of nitrogens with zero attached hydrogens (tertiary/aromatic N) is 1. The van der Waals surface area contributed by atoms with Gasteiger partial charge in [0.15, 0.2) is 5.13 Å². The van der Waals surface area contributed by atoms with Crippen LogP contribution in [0.3, 0.4) is 0 Å². The molecule has 0 amide bonds. The highest BCUT2D eigenvalue weighted by molar-refractivity contribution is 7.13. The molecular formula is C12H20N2S. The van der Waals surface area contributed by atoms with Crippen molar-refractivity contribution in [2.45, 2.75) is 39.5 Å². The molecule has 0 unspecified atom stereocenters. The summed E-state index contributed by atoms with van der Waals surface area (Å²) in [6.45, 7) is 5.53. The van der Waals surface area contributed by atoms with Crippen molar-refractivity contribution in [2.75, 3.05) is 11.9 Å². The summed E-state index contributed by atoms with van der Waals surface area (Å²) in [5.41, 5.74) is 1.12. The van der Waals surface area contributed by atoms with E-state index in [1.165, 1.54) is 25.7 Å². The quantitative estimate of drug-likeness (QED) is 0.847. The Morgan fingerprint density at radius 3 is 2.73 bits per heavy atom. The van der Waals surface area contributed by atoms with E-state index in [1.54, 1.807) is 11.3 Å². The standard InChI is InChI=1S/C12H20N2S/c1-9-3-5-11(6-4-9)7-13-12-14-10(2)8-15-12/h8-9,11H,3-7H2,1-2H3,(H,13,14). The molecule has 0 atom stereocenters. The normalized spacial score (nSPS) is 26.5. The Bertz CT molecular complexity index is 300. The molecule has 1 aliphatic rings. The topological polar surface area (TPSA) is 24.9 Å². The highest BCUT2D eigenvalue weighted by atomic mass is 32.1. The van der Waals surface area contributed by atoms with Crippen LogP contribution in [0.2, 0.25) is 0 Å². The second-order valence-electron chi connectivity index (χ2n) is 4.80. The Hall–Kier alpha value is -0.570. The third-order valence-corrected chi connectivity index (χ3v) is 4.21. The predicted molar refractivity (Wildman–Crippen MR) is 66.5 cm³/mol. The maximum atomic E-state index is 4.42. The van der Waals surface area contributed by atoms with Gasteiger partial charge in [-0.2, -0.15) is 0 Å². The zero-order valence-corrected chi connectivity index (χ0v) is 10.4. The van der Waals surface area contributed by atoms with Crippen molar-refractivity contribution in [1.29, 1.82) is 0 Å². The zero-order valence-electron chi connectivity index (χ0n) is 9.62.